The zero-order valence-corrected chi connectivity index (χ0v) is 20.4. The number of amides is 2. The van der Waals surface area contributed by atoms with E-state index in [1.54, 1.807) is 36.3 Å². The normalized spacial score (nSPS) is 20.2. The Hall–Kier alpha value is -2.85. The third-order valence-electron chi connectivity index (χ3n) is 6.71. The molecular weight excluding hydrogens is 456 g/mol. The lowest BCUT2D eigenvalue weighted by Gasteiger charge is -2.31. The van der Waals surface area contributed by atoms with Crippen LogP contribution in [0.3, 0.4) is 0 Å². The molecule has 1 aromatic heterocycles. The van der Waals surface area contributed by atoms with Gasteiger partial charge in [-0.3, -0.25) is 9.59 Å². The van der Waals surface area contributed by atoms with Crippen LogP contribution in [0.15, 0.2) is 41.4 Å². The molecule has 10 heteroatoms. The second-order valence-corrected chi connectivity index (χ2v) is 11.1. The van der Waals surface area contributed by atoms with E-state index in [1.807, 2.05) is 0 Å². The van der Waals surface area contributed by atoms with Gasteiger partial charge in [-0.05, 0) is 61.9 Å². The molecule has 9 nitrogen and oxygen atoms in total. The van der Waals surface area contributed by atoms with E-state index in [2.05, 4.69) is 17.2 Å². The highest BCUT2D eigenvalue weighted by Crippen LogP contribution is 2.26. The van der Waals surface area contributed by atoms with Crippen molar-refractivity contribution in [2.45, 2.75) is 37.5 Å². The molecule has 2 aromatic rings. The number of hydrogen-bond acceptors (Lipinski definition) is 5. The molecule has 0 radical (unpaired) electrons. The average Bonchev–Trinajstić information content (AvgIpc) is 3.36. The van der Waals surface area contributed by atoms with Crippen molar-refractivity contribution >= 4 is 27.5 Å². The Morgan fingerprint density at radius 3 is 2.47 bits per heavy atom. The molecule has 184 valence electrons. The van der Waals surface area contributed by atoms with Crippen LogP contribution in [0.25, 0.3) is 0 Å². The van der Waals surface area contributed by atoms with Gasteiger partial charge in [0.25, 0.3) is 5.91 Å². The Kier molecular flexibility index (Phi) is 7.27. The number of carbonyl (C=O) groups is 2. The number of anilines is 1. The molecule has 3 heterocycles. The number of likely N-dealkylation sites (tertiary alicyclic amines) is 1. The van der Waals surface area contributed by atoms with Gasteiger partial charge >= 0.3 is 0 Å². The van der Waals surface area contributed by atoms with Gasteiger partial charge < -0.3 is 19.9 Å². The van der Waals surface area contributed by atoms with Crippen LogP contribution >= 0.6 is 0 Å². The number of benzene rings is 1. The van der Waals surface area contributed by atoms with E-state index in [0.717, 1.165) is 12.8 Å². The van der Waals surface area contributed by atoms with Crippen LogP contribution in [0.5, 0.6) is 5.75 Å². The van der Waals surface area contributed by atoms with Gasteiger partial charge in [0.2, 0.25) is 15.9 Å². The first-order chi connectivity index (χ1) is 16.3. The van der Waals surface area contributed by atoms with Crippen molar-refractivity contribution in [2.75, 3.05) is 38.6 Å². The molecule has 2 amide bonds. The van der Waals surface area contributed by atoms with Gasteiger partial charge in [0, 0.05) is 38.1 Å². The molecule has 34 heavy (non-hydrogen) atoms. The van der Waals surface area contributed by atoms with Crippen LogP contribution in [0.2, 0.25) is 0 Å². The van der Waals surface area contributed by atoms with Crippen LogP contribution in [-0.4, -0.2) is 67.7 Å². The van der Waals surface area contributed by atoms with Gasteiger partial charge in [0.1, 0.15) is 16.3 Å². The Morgan fingerprint density at radius 1 is 1.09 bits per heavy atom. The fourth-order valence-corrected chi connectivity index (χ4v) is 5.99. The number of piperidine rings is 2. The number of nitrogens with zero attached hydrogens (tertiary/aromatic N) is 2. The predicted octanol–water partition coefficient (Wildman–Crippen LogP) is 2.93. The molecule has 0 spiro atoms. The van der Waals surface area contributed by atoms with Crippen LogP contribution in [0.1, 0.15) is 43.1 Å². The number of aromatic nitrogens is 1. The highest BCUT2D eigenvalue weighted by atomic mass is 32.2. The summed E-state index contributed by atoms with van der Waals surface area (Å²) in [5.74, 6) is 0.434. The summed E-state index contributed by atoms with van der Waals surface area (Å²) in [7, 11) is -2.26. The molecule has 2 saturated heterocycles. The maximum absolute atomic E-state index is 13.3. The first-order valence-corrected chi connectivity index (χ1v) is 13.1. The molecule has 2 aliphatic heterocycles. The maximum Gasteiger partial charge on any atom is 0.270 e. The lowest BCUT2D eigenvalue weighted by atomic mass is 9.99. The predicted molar refractivity (Wildman–Crippen MR) is 128 cm³/mol. The summed E-state index contributed by atoms with van der Waals surface area (Å²) in [6.45, 7) is 3.97. The number of hydrogen-bond donors (Lipinski definition) is 2. The van der Waals surface area contributed by atoms with E-state index >= 15 is 0 Å². The summed E-state index contributed by atoms with van der Waals surface area (Å²) in [5.41, 5.74) is 0.908. The van der Waals surface area contributed by atoms with Gasteiger partial charge in [-0.15, -0.1) is 0 Å². The molecular formula is C24H32N4O5S. The van der Waals surface area contributed by atoms with Crippen molar-refractivity contribution in [3.63, 3.8) is 0 Å². The highest BCUT2D eigenvalue weighted by Gasteiger charge is 2.34. The number of ether oxygens (including phenoxy) is 1. The van der Waals surface area contributed by atoms with E-state index in [9.17, 15) is 18.0 Å². The van der Waals surface area contributed by atoms with Crippen molar-refractivity contribution in [3.05, 3.63) is 42.2 Å². The molecule has 4 rings (SSSR count). The molecule has 0 saturated carbocycles. The Labute approximate surface area is 200 Å². The number of carbonyl (C=O) groups excluding carboxylic acids is 2. The fourth-order valence-electron chi connectivity index (χ4n) is 4.47. The number of nitrogens with one attached hydrogen (secondary N) is 2. The summed E-state index contributed by atoms with van der Waals surface area (Å²) in [4.78, 5) is 30.3. The summed E-state index contributed by atoms with van der Waals surface area (Å²) in [6.07, 6.45) is 4.47. The monoisotopic (exact) mass is 488 g/mol. The summed E-state index contributed by atoms with van der Waals surface area (Å²) in [6, 6.07) is 8.41. The third-order valence-corrected chi connectivity index (χ3v) is 8.55. The minimum atomic E-state index is -3.83. The number of aromatic amines is 1. The largest absolute Gasteiger partial charge is 0.497 e. The van der Waals surface area contributed by atoms with Crippen molar-refractivity contribution < 1.29 is 22.7 Å². The number of H-pyrrole nitrogens is 1. The van der Waals surface area contributed by atoms with Gasteiger partial charge in [0.05, 0.1) is 13.0 Å². The lowest BCUT2D eigenvalue weighted by molar-refractivity contribution is -0.120. The molecule has 1 aromatic carbocycles. The van der Waals surface area contributed by atoms with E-state index in [-0.39, 0.29) is 28.9 Å². The van der Waals surface area contributed by atoms with Gasteiger partial charge in [-0.2, -0.15) is 4.31 Å². The molecule has 0 bridgehead atoms. The summed E-state index contributed by atoms with van der Waals surface area (Å²) < 4.78 is 33.0. The van der Waals surface area contributed by atoms with Crippen LogP contribution in [0.4, 0.5) is 5.69 Å². The second kappa shape index (κ2) is 10.2. The van der Waals surface area contributed by atoms with Crippen molar-refractivity contribution in [1.82, 2.24) is 14.2 Å². The Morgan fingerprint density at radius 2 is 1.79 bits per heavy atom. The van der Waals surface area contributed by atoms with Gasteiger partial charge in [0.15, 0.2) is 0 Å². The molecule has 2 aliphatic rings. The average molecular weight is 489 g/mol. The van der Waals surface area contributed by atoms with Crippen molar-refractivity contribution in [1.29, 1.82) is 0 Å². The fraction of sp³-hybridized carbons (Fsp3) is 0.500. The minimum Gasteiger partial charge on any atom is -0.497 e. The SMILES string of the molecule is COc1ccc(NC(=O)[C@H]2CCCN(S(=O)(=O)c3c[nH]c(C(=O)N4CCC(C)CC4)c3)C2)cc1. The van der Waals surface area contributed by atoms with E-state index in [1.165, 1.54) is 16.6 Å². The molecule has 0 unspecified atom stereocenters. The zero-order valence-electron chi connectivity index (χ0n) is 19.6. The molecule has 1 atom stereocenters. The number of sulfonamides is 1. The van der Waals surface area contributed by atoms with Crippen molar-refractivity contribution in [3.8, 4) is 5.75 Å². The minimum absolute atomic E-state index is 0.0532. The molecule has 0 aliphatic carbocycles. The van der Waals surface area contributed by atoms with Crippen molar-refractivity contribution in [2.24, 2.45) is 11.8 Å². The van der Waals surface area contributed by atoms with Crippen LogP contribution in [0, 0.1) is 11.8 Å². The van der Waals surface area contributed by atoms with E-state index in [4.69, 9.17) is 4.74 Å². The third kappa shape index (κ3) is 5.28. The summed E-state index contributed by atoms with van der Waals surface area (Å²) in [5, 5.41) is 2.86. The second-order valence-electron chi connectivity index (χ2n) is 9.14. The van der Waals surface area contributed by atoms with Crippen LogP contribution in [-0.2, 0) is 14.8 Å². The maximum atomic E-state index is 13.3. The lowest BCUT2D eigenvalue weighted by Crippen LogP contribution is -2.43. The molecule has 2 N–H and O–H groups in total. The van der Waals surface area contributed by atoms with Gasteiger partial charge in [-0.25, -0.2) is 8.42 Å². The molecule has 2 fully saturated rings. The van der Waals surface area contributed by atoms with E-state index in [0.29, 0.717) is 49.8 Å². The zero-order chi connectivity index (χ0) is 24.3. The first kappa shape index (κ1) is 24.3. The number of methoxy groups -OCH3 is 1. The van der Waals surface area contributed by atoms with Gasteiger partial charge in [-0.1, -0.05) is 6.92 Å². The van der Waals surface area contributed by atoms with E-state index < -0.39 is 15.9 Å². The Bertz CT molecular complexity index is 1120. The summed E-state index contributed by atoms with van der Waals surface area (Å²) >= 11 is 0. The number of rotatable bonds is 6. The Balaban J connectivity index is 1.41. The quantitative estimate of drug-likeness (QED) is 0.649. The topological polar surface area (TPSA) is 112 Å². The van der Waals surface area contributed by atoms with Crippen LogP contribution < -0.4 is 10.1 Å². The highest BCUT2D eigenvalue weighted by molar-refractivity contribution is 7.89. The first-order valence-electron chi connectivity index (χ1n) is 11.7. The smallest absolute Gasteiger partial charge is 0.270 e. The standard InChI is InChI=1S/C24H32N4O5S/c1-17-9-12-27(13-10-17)24(30)22-14-21(15-25-22)34(31,32)28-11-3-4-18(16-28)23(29)26-19-5-7-20(33-2)8-6-19/h5-8,14-15,17-18,25H,3-4,9-13,16H2,1-2H3,(H,26,29)/t18-/m0/s1.